The van der Waals surface area contributed by atoms with Crippen molar-refractivity contribution in [1.82, 2.24) is 15.3 Å². The van der Waals surface area contributed by atoms with Crippen LogP contribution in [0, 0.1) is 6.92 Å². The minimum atomic E-state index is -0.267. The molecule has 29 heavy (non-hydrogen) atoms. The van der Waals surface area contributed by atoms with Gasteiger partial charge < -0.3 is 15.1 Å². The Morgan fingerprint density at radius 2 is 1.72 bits per heavy atom. The van der Waals surface area contributed by atoms with E-state index in [1.54, 1.807) is 25.3 Å². The van der Waals surface area contributed by atoms with E-state index >= 15 is 0 Å². The van der Waals surface area contributed by atoms with E-state index in [1.165, 1.54) is 11.1 Å². The van der Waals surface area contributed by atoms with Crippen LogP contribution < -0.4 is 10.6 Å². The maximum atomic E-state index is 12.6. The summed E-state index contributed by atoms with van der Waals surface area (Å²) < 4.78 is 5.26. The first-order valence-electron chi connectivity index (χ1n) is 9.91. The van der Waals surface area contributed by atoms with Gasteiger partial charge in [-0.15, -0.1) is 0 Å². The number of nitrogens with zero attached hydrogens (tertiary/aromatic N) is 2. The number of benzene rings is 1. The highest BCUT2D eigenvalue weighted by atomic mass is 16.3. The molecule has 0 bridgehead atoms. The lowest BCUT2D eigenvalue weighted by Crippen LogP contribution is -2.24. The number of rotatable bonds is 7. The van der Waals surface area contributed by atoms with Crippen molar-refractivity contribution in [3.05, 3.63) is 71.1 Å². The average Bonchev–Trinajstić information content (AvgIpc) is 3.19. The zero-order chi connectivity index (χ0) is 21.0. The summed E-state index contributed by atoms with van der Waals surface area (Å²) in [6.45, 7) is 10.8. The minimum absolute atomic E-state index is 0.267. The molecule has 2 heterocycles. The van der Waals surface area contributed by atoms with Crippen molar-refractivity contribution < 1.29 is 9.21 Å². The van der Waals surface area contributed by atoms with Crippen LogP contribution in [0.25, 0.3) is 0 Å². The van der Waals surface area contributed by atoms with Gasteiger partial charge in [0.05, 0.1) is 12.8 Å². The molecule has 0 atom stereocenters. The van der Waals surface area contributed by atoms with Crippen LogP contribution in [0.5, 0.6) is 0 Å². The molecule has 3 rings (SSSR count). The molecule has 152 valence electrons. The van der Waals surface area contributed by atoms with Crippen molar-refractivity contribution in [3.8, 4) is 0 Å². The van der Waals surface area contributed by atoms with Gasteiger partial charge in [0.25, 0.3) is 5.91 Å². The molecule has 1 aromatic carbocycles. The van der Waals surface area contributed by atoms with Gasteiger partial charge >= 0.3 is 0 Å². The van der Waals surface area contributed by atoms with Crippen LogP contribution in [0.15, 0.2) is 47.1 Å². The van der Waals surface area contributed by atoms with Crippen molar-refractivity contribution in [1.29, 1.82) is 0 Å². The predicted molar refractivity (Wildman–Crippen MR) is 115 cm³/mol. The summed E-state index contributed by atoms with van der Waals surface area (Å²) in [5.41, 5.74) is 3.81. The molecule has 0 spiro atoms. The number of anilines is 2. The summed E-state index contributed by atoms with van der Waals surface area (Å²) in [6, 6.07) is 11.6. The van der Waals surface area contributed by atoms with E-state index in [4.69, 9.17) is 4.42 Å². The van der Waals surface area contributed by atoms with Crippen LogP contribution in [-0.2, 0) is 6.54 Å². The third-order valence-corrected chi connectivity index (χ3v) is 4.70. The van der Waals surface area contributed by atoms with Crippen molar-refractivity contribution in [2.24, 2.45) is 0 Å². The lowest BCUT2D eigenvalue weighted by Gasteiger charge is -2.20. The first kappa shape index (κ1) is 20.6. The standard InChI is InChI=1S/C23H28N4O2/c1-14(2)18-9-6-10-19(15(3)4)22(18)27-21-12-20(25-16(5)26-21)23(28)24-13-17-8-7-11-29-17/h6-12,14-15H,13H2,1-5H3,(H,24,28)(H,25,26,27). The van der Waals surface area contributed by atoms with Gasteiger partial charge in [-0.3, -0.25) is 4.79 Å². The molecule has 0 fully saturated rings. The first-order chi connectivity index (χ1) is 13.8. The zero-order valence-corrected chi connectivity index (χ0v) is 17.6. The van der Waals surface area contributed by atoms with Crippen LogP contribution in [0.2, 0.25) is 0 Å². The molecular weight excluding hydrogens is 364 g/mol. The molecule has 3 aromatic rings. The topological polar surface area (TPSA) is 80.0 Å². The van der Waals surface area contributed by atoms with E-state index in [2.05, 4.69) is 66.5 Å². The van der Waals surface area contributed by atoms with Gasteiger partial charge in [0.1, 0.15) is 23.1 Å². The molecule has 2 N–H and O–H groups in total. The molecule has 0 radical (unpaired) electrons. The second kappa shape index (κ2) is 8.90. The highest BCUT2D eigenvalue weighted by Gasteiger charge is 2.16. The van der Waals surface area contributed by atoms with Gasteiger partial charge in [-0.05, 0) is 42.0 Å². The van der Waals surface area contributed by atoms with Gasteiger partial charge in [-0.2, -0.15) is 0 Å². The summed E-state index contributed by atoms with van der Waals surface area (Å²) in [5.74, 6) is 2.28. The van der Waals surface area contributed by atoms with Crippen molar-refractivity contribution in [3.63, 3.8) is 0 Å². The average molecular weight is 393 g/mol. The van der Waals surface area contributed by atoms with E-state index in [0.29, 0.717) is 41.5 Å². The lowest BCUT2D eigenvalue weighted by atomic mass is 9.92. The smallest absolute Gasteiger partial charge is 0.270 e. The maximum Gasteiger partial charge on any atom is 0.270 e. The fraction of sp³-hybridized carbons (Fsp3) is 0.348. The Balaban J connectivity index is 1.88. The fourth-order valence-corrected chi connectivity index (χ4v) is 3.24. The van der Waals surface area contributed by atoms with Gasteiger partial charge in [0.2, 0.25) is 0 Å². The van der Waals surface area contributed by atoms with Gasteiger partial charge in [-0.25, -0.2) is 9.97 Å². The number of furan rings is 1. The van der Waals surface area contributed by atoms with Crippen molar-refractivity contribution in [2.45, 2.75) is 53.0 Å². The summed E-state index contributed by atoms with van der Waals surface area (Å²) >= 11 is 0. The number of para-hydroxylation sites is 1. The molecule has 0 saturated carbocycles. The monoisotopic (exact) mass is 392 g/mol. The third kappa shape index (κ3) is 5.02. The zero-order valence-electron chi connectivity index (χ0n) is 17.6. The molecule has 0 aliphatic heterocycles. The quantitative estimate of drug-likeness (QED) is 0.570. The maximum absolute atomic E-state index is 12.6. The van der Waals surface area contributed by atoms with Gasteiger partial charge in [0, 0.05) is 11.8 Å². The number of carbonyl (C=O) groups excluding carboxylic acids is 1. The molecule has 6 heteroatoms. The van der Waals surface area contributed by atoms with Crippen molar-refractivity contribution >= 4 is 17.4 Å². The number of nitrogens with one attached hydrogen (secondary N) is 2. The van der Waals surface area contributed by atoms with E-state index in [0.717, 1.165) is 5.69 Å². The summed E-state index contributed by atoms with van der Waals surface area (Å²) in [6.07, 6.45) is 1.58. The van der Waals surface area contributed by atoms with Crippen LogP contribution in [-0.4, -0.2) is 15.9 Å². The molecule has 6 nitrogen and oxygen atoms in total. The summed E-state index contributed by atoms with van der Waals surface area (Å²) in [4.78, 5) is 21.4. The number of hydrogen-bond donors (Lipinski definition) is 2. The fourth-order valence-electron chi connectivity index (χ4n) is 3.24. The first-order valence-corrected chi connectivity index (χ1v) is 9.91. The van der Waals surface area contributed by atoms with Crippen molar-refractivity contribution in [2.75, 3.05) is 5.32 Å². The Bertz CT molecular complexity index is 952. The second-order valence-corrected chi connectivity index (χ2v) is 7.69. The highest BCUT2D eigenvalue weighted by Crippen LogP contribution is 2.34. The second-order valence-electron chi connectivity index (χ2n) is 7.69. The van der Waals surface area contributed by atoms with E-state index in [9.17, 15) is 4.79 Å². The number of aromatic nitrogens is 2. The Labute approximate surface area is 171 Å². The summed E-state index contributed by atoms with van der Waals surface area (Å²) in [7, 11) is 0. The SMILES string of the molecule is Cc1nc(Nc2c(C(C)C)cccc2C(C)C)cc(C(=O)NCc2ccco2)n1. The molecule has 0 aliphatic carbocycles. The van der Waals surface area contributed by atoms with Crippen LogP contribution in [0.3, 0.4) is 0 Å². The van der Waals surface area contributed by atoms with Crippen LogP contribution in [0.1, 0.15) is 72.7 Å². The predicted octanol–water partition coefficient (Wildman–Crippen LogP) is 5.30. The van der Waals surface area contributed by atoms with E-state index in [1.807, 2.05) is 6.07 Å². The molecule has 1 amide bonds. The third-order valence-electron chi connectivity index (χ3n) is 4.70. The molecule has 2 aromatic heterocycles. The Morgan fingerprint density at radius 3 is 2.31 bits per heavy atom. The largest absolute Gasteiger partial charge is 0.467 e. The summed E-state index contributed by atoms with van der Waals surface area (Å²) in [5, 5.41) is 6.29. The number of aryl methyl sites for hydroxylation is 1. The Hall–Kier alpha value is -3.15. The highest BCUT2D eigenvalue weighted by molar-refractivity contribution is 5.93. The van der Waals surface area contributed by atoms with Crippen LogP contribution >= 0.6 is 0 Å². The van der Waals surface area contributed by atoms with Gasteiger partial charge in [0.15, 0.2) is 0 Å². The van der Waals surface area contributed by atoms with Gasteiger partial charge in [-0.1, -0.05) is 45.9 Å². The minimum Gasteiger partial charge on any atom is -0.467 e. The van der Waals surface area contributed by atoms with Crippen LogP contribution in [0.4, 0.5) is 11.5 Å². The van der Waals surface area contributed by atoms with E-state index in [-0.39, 0.29) is 5.91 Å². The normalized spacial score (nSPS) is 11.1. The molecule has 0 unspecified atom stereocenters. The molecular formula is C23H28N4O2. The number of carbonyl (C=O) groups is 1. The molecule has 0 saturated heterocycles. The Morgan fingerprint density at radius 1 is 1.03 bits per heavy atom. The van der Waals surface area contributed by atoms with E-state index < -0.39 is 0 Å². The number of hydrogen-bond acceptors (Lipinski definition) is 5. The molecule has 0 aliphatic rings. The Kier molecular flexibility index (Phi) is 6.32. The number of amides is 1. The lowest BCUT2D eigenvalue weighted by molar-refractivity contribution is 0.0942.